The van der Waals surface area contributed by atoms with Crippen molar-refractivity contribution in [2.24, 2.45) is 5.92 Å². The summed E-state index contributed by atoms with van der Waals surface area (Å²) in [5.41, 5.74) is -0.435. The average molecular weight is 465 g/mol. The lowest BCUT2D eigenvalue weighted by molar-refractivity contribution is -0.385. The summed E-state index contributed by atoms with van der Waals surface area (Å²) in [6.45, 7) is 2.55. The normalized spacial score (nSPS) is 23.8. The summed E-state index contributed by atoms with van der Waals surface area (Å²) in [6.07, 6.45) is 4.41. The van der Waals surface area contributed by atoms with Crippen molar-refractivity contribution in [2.45, 2.75) is 48.2 Å². The molecular formula is C19H24Cl3N3O4. The second kappa shape index (κ2) is 9.79. The Morgan fingerprint density at radius 2 is 1.97 bits per heavy atom. The third kappa shape index (κ3) is 5.73. The fourth-order valence-electron chi connectivity index (χ4n) is 4.23. The molecule has 2 aliphatic heterocycles. The van der Waals surface area contributed by atoms with Gasteiger partial charge in [-0.25, -0.2) is 0 Å². The van der Waals surface area contributed by atoms with E-state index in [9.17, 15) is 14.9 Å². The van der Waals surface area contributed by atoms with Gasteiger partial charge < -0.3 is 15.0 Å². The fourth-order valence-corrected chi connectivity index (χ4v) is 4.58. The number of benzene rings is 1. The molecule has 29 heavy (non-hydrogen) atoms. The van der Waals surface area contributed by atoms with E-state index in [-0.39, 0.29) is 11.3 Å². The molecule has 2 aliphatic rings. The maximum atomic E-state index is 12.6. The molecule has 0 saturated carbocycles. The molecule has 3 unspecified atom stereocenters. The van der Waals surface area contributed by atoms with Crippen molar-refractivity contribution in [3.05, 3.63) is 39.9 Å². The number of para-hydroxylation sites is 1. The van der Waals surface area contributed by atoms with Crippen molar-refractivity contribution in [1.82, 2.24) is 10.2 Å². The number of hydrogen-bond acceptors (Lipinski definition) is 5. The fraction of sp³-hybridized carbons (Fsp3) is 0.632. The number of nitro benzene ring substituents is 1. The number of hydrogen-bond donors (Lipinski definition) is 1. The number of rotatable bonds is 6. The van der Waals surface area contributed by atoms with E-state index in [1.165, 1.54) is 37.1 Å². The summed E-state index contributed by atoms with van der Waals surface area (Å²) in [7, 11) is 0. The highest BCUT2D eigenvalue weighted by atomic mass is 35.6. The van der Waals surface area contributed by atoms with E-state index in [2.05, 4.69) is 10.2 Å². The van der Waals surface area contributed by atoms with Gasteiger partial charge in [-0.2, -0.15) is 0 Å². The SMILES string of the molecule is O=C(NC(OCC1CCCN2CCCCC12)C(Cl)(Cl)Cl)c1ccccc1[N+](=O)[O-]. The van der Waals surface area contributed by atoms with E-state index in [1.807, 2.05) is 0 Å². The van der Waals surface area contributed by atoms with Crippen molar-refractivity contribution < 1.29 is 14.5 Å². The summed E-state index contributed by atoms with van der Waals surface area (Å²) >= 11 is 18.1. The van der Waals surface area contributed by atoms with Crippen LogP contribution in [0.1, 0.15) is 42.5 Å². The maximum Gasteiger partial charge on any atom is 0.282 e. The van der Waals surface area contributed by atoms with Crippen LogP contribution in [0.5, 0.6) is 0 Å². The quantitative estimate of drug-likeness (QED) is 0.294. The van der Waals surface area contributed by atoms with Gasteiger partial charge in [-0.3, -0.25) is 14.9 Å². The first-order valence-corrected chi connectivity index (χ1v) is 10.9. The van der Waals surface area contributed by atoms with Gasteiger partial charge in [0.05, 0.1) is 11.5 Å². The summed E-state index contributed by atoms with van der Waals surface area (Å²) in [6, 6.07) is 6.06. The monoisotopic (exact) mass is 463 g/mol. The maximum absolute atomic E-state index is 12.6. The highest BCUT2D eigenvalue weighted by Gasteiger charge is 2.39. The van der Waals surface area contributed by atoms with Crippen LogP contribution < -0.4 is 5.32 Å². The number of nitrogens with zero attached hydrogens (tertiary/aromatic N) is 2. The summed E-state index contributed by atoms with van der Waals surface area (Å²) < 4.78 is 3.95. The molecule has 2 fully saturated rings. The third-order valence-electron chi connectivity index (χ3n) is 5.61. The number of fused-ring (bicyclic) bond motifs is 1. The first-order valence-electron chi connectivity index (χ1n) is 9.74. The van der Waals surface area contributed by atoms with Gasteiger partial charge in [0.1, 0.15) is 5.56 Å². The molecule has 0 aromatic heterocycles. The number of carbonyl (C=O) groups is 1. The number of ether oxygens (including phenoxy) is 1. The number of halogens is 3. The molecule has 2 saturated heterocycles. The van der Waals surface area contributed by atoms with Gasteiger partial charge in [0.15, 0.2) is 6.23 Å². The van der Waals surface area contributed by atoms with E-state index < -0.39 is 20.9 Å². The molecule has 10 heteroatoms. The van der Waals surface area contributed by atoms with Crippen LogP contribution >= 0.6 is 34.8 Å². The van der Waals surface area contributed by atoms with E-state index >= 15 is 0 Å². The van der Waals surface area contributed by atoms with Gasteiger partial charge in [-0.15, -0.1) is 0 Å². The van der Waals surface area contributed by atoms with Crippen molar-refractivity contribution in [3.8, 4) is 0 Å². The van der Waals surface area contributed by atoms with Crippen LogP contribution in [0.2, 0.25) is 0 Å². The van der Waals surface area contributed by atoms with E-state index in [1.54, 1.807) is 0 Å². The van der Waals surface area contributed by atoms with Crippen LogP contribution in [0.25, 0.3) is 0 Å². The lowest BCUT2D eigenvalue weighted by Gasteiger charge is -2.44. The minimum absolute atomic E-state index is 0.114. The summed E-state index contributed by atoms with van der Waals surface area (Å²) in [5.74, 6) is -0.432. The molecule has 7 nitrogen and oxygen atoms in total. The minimum atomic E-state index is -1.92. The van der Waals surface area contributed by atoms with Crippen LogP contribution in [0.4, 0.5) is 5.69 Å². The Hall–Kier alpha value is -1.12. The smallest absolute Gasteiger partial charge is 0.282 e. The Kier molecular flexibility index (Phi) is 7.62. The molecule has 0 aliphatic carbocycles. The van der Waals surface area contributed by atoms with Gasteiger partial charge in [0, 0.05) is 12.1 Å². The van der Waals surface area contributed by atoms with Crippen LogP contribution in [0, 0.1) is 16.0 Å². The van der Waals surface area contributed by atoms with E-state index in [4.69, 9.17) is 39.5 Å². The lowest BCUT2D eigenvalue weighted by Crippen LogP contribution is -2.51. The molecule has 1 aromatic carbocycles. The average Bonchev–Trinajstić information content (AvgIpc) is 2.70. The van der Waals surface area contributed by atoms with Gasteiger partial charge in [0.2, 0.25) is 3.79 Å². The van der Waals surface area contributed by atoms with Crippen LogP contribution in [-0.2, 0) is 4.74 Å². The highest BCUT2D eigenvalue weighted by molar-refractivity contribution is 6.68. The molecule has 0 spiro atoms. The van der Waals surface area contributed by atoms with Gasteiger partial charge in [-0.05, 0) is 50.8 Å². The number of nitrogens with one attached hydrogen (secondary N) is 1. The van der Waals surface area contributed by atoms with E-state index in [0.717, 1.165) is 32.4 Å². The van der Waals surface area contributed by atoms with Crippen molar-refractivity contribution >= 4 is 46.4 Å². The first kappa shape index (κ1) is 22.6. The first-order chi connectivity index (χ1) is 13.8. The summed E-state index contributed by atoms with van der Waals surface area (Å²) in [4.78, 5) is 25.7. The van der Waals surface area contributed by atoms with E-state index in [0.29, 0.717) is 18.6 Å². The van der Waals surface area contributed by atoms with Crippen molar-refractivity contribution in [2.75, 3.05) is 19.7 Å². The molecule has 3 rings (SSSR count). The molecule has 1 aromatic rings. The Morgan fingerprint density at radius 1 is 1.24 bits per heavy atom. The largest absolute Gasteiger partial charge is 0.354 e. The molecule has 1 N–H and O–H groups in total. The molecule has 3 atom stereocenters. The zero-order chi connectivity index (χ0) is 21.0. The number of amides is 1. The minimum Gasteiger partial charge on any atom is -0.354 e. The Morgan fingerprint density at radius 3 is 2.69 bits per heavy atom. The second-order valence-corrected chi connectivity index (χ2v) is 9.87. The Labute approximate surface area is 184 Å². The van der Waals surface area contributed by atoms with Gasteiger partial charge in [-0.1, -0.05) is 53.4 Å². The van der Waals surface area contributed by atoms with Crippen LogP contribution in [0.15, 0.2) is 24.3 Å². The Balaban J connectivity index is 1.67. The number of carbonyl (C=O) groups excluding carboxylic acids is 1. The van der Waals surface area contributed by atoms with Crippen molar-refractivity contribution in [3.63, 3.8) is 0 Å². The molecule has 160 valence electrons. The summed E-state index contributed by atoms with van der Waals surface area (Å²) in [5, 5.41) is 13.7. The third-order valence-corrected chi connectivity index (χ3v) is 6.21. The van der Waals surface area contributed by atoms with Crippen molar-refractivity contribution in [1.29, 1.82) is 0 Å². The van der Waals surface area contributed by atoms with Crippen LogP contribution in [0.3, 0.4) is 0 Å². The zero-order valence-electron chi connectivity index (χ0n) is 15.9. The lowest BCUT2D eigenvalue weighted by atomic mass is 9.84. The number of piperidine rings is 2. The predicted octanol–water partition coefficient (Wildman–Crippen LogP) is 4.30. The number of alkyl halides is 3. The number of nitro groups is 1. The van der Waals surface area contributed by atoms with Crippen LogP contribution in [-0.4, -0.2) is 51.5 Å². The van der Waals surface area contributed by atoms with Gasteiger partial charge in [0.25, 0.3) is 11.6 Å². The Bertz CT molecular complexity index is 742. The molecule has 1 amide bonds. The van der Waals surface area contributed by atoms with Gasteiger partial charge >= 0.3 is 0 Å². The molecule has 2 heterocycles. The standard InChI is InChI=1S/C19H24Cl3N3O4/c20-19(21,22)18(23-17(26)14-7-1-2-9-16(14)25(27)28)29-12-13-6-5-11-24-10-4-3-8-15(13)24/h1-2,7,9,13,15,18H,3-6,8,10-12H2,(H,23,26). The molecule has 0 bridgehead atoms. The second-order valence-electron chi connectivity index (χ2n) is 7.50. The zero-order valence-corrected chi connectivity index (χ0v) is 18.1. The predicted molar refractivity (Wildman–Crippen MR) is 113 cm³/mol. The molecule has 0 radical (unpaired) electrons. The highest BCUT2D eigenvalue weighted by Crippen LogP contribution is 2.35. The molecular weight excluding hydrogens is 441 g/mol. The topological polar surface area (TPSA) is 84.7 Å².